The zero-order valence-corrected chi connectivity index (χ0v) is 11.8. The van der Waals surface area contributed by atoms with Crippen molar-refractivity contribution in [2.75, 3.05) is 5.75 Å². The van der Waals surface area contributed by atoms with Crippen molar-refractivity contribution in [2.45, 2.75) is 25.0 Å². The second kappa shape index (κ2) is 5.43. The van der Waals surface area contributed by atoms with Gasteiger partial charge in [0.15, 0.2) is 11.0 Å². The third-order valence-electron chi connectivity index (χ3n) is 2.47. The van der Waals surface area contributed by atoms with Gasteiger partial charge in [0.1, 0.15) is 0 Å². The highest BCUT2D eigenvalue weighted by atomic mass is 32.2. The number of aliphatic carboxylic acids is 1. The molecular weight excluding hydrogens is 266 g/mol. The zero-order valence-electron chi connectivity index (χ0n) is 10.9. The zero-order chi connectivity index (χ0) is 14.0. The van der Waals surface area contributed by atoms with Crippen molar-refractivity contribution in [3.05, 3.63) is 12.4 Å². The molecule has 0 aliphatic heterocycles. The van der Waals surface area contributed by atoms with Crippen molar-refractivity contribution in [3.63, 3.8) is 0 Å². The van der Waals surface area contributed by atoms with E-state index in [1.54, 1.807) is 10.9 Å². The summed E-state index contributed by atoms with van der Waals surface area (Å²) in [6, 6.07) is 0.140. The van der Waals surface area contributed by atoms with Crippen molar-refractivity contribution in [1.29, 1.82) is 0 Å². The normalized spacial score (nSPS) is 11.2. The highest BCUT2D eigenvalue weighted by Crippen LogP contribution is 2.27. The van der Waals surface area contributed by atoms with Gasteiger partial charge in [0.2, 0.25) is 0 Å². The topological polar surface area (TPSA) is 85.8 Å². The fourth-order valence-corrected chi connectivity index (χ4v) is 2.49. The average Bonchev–Trinajstić information content (AvgIpc) is 2.91. The Morgan fingerprint density at radius 3 is 2.74 bits per heavy atom. The molecule has 2 rings (SSSR count). The van der Waals surface area contributed by atoms with Gasteiger partial charge in [-0.15, -0.1) is 10.2 Å². The van der Waals surface area contributed by atoms with Crippen LogP contribution in [0.3, 0.4) is 0 Å². The molecule has 0 amide bonds. The predicted molar refractivity (Wildman–Crippen MR) is 71.0 cm³/mol. The molecular formula is C11H15N5O2S. The van der Waals surface area contributed by atoms with Crippen LogP contribution in [0.15, 0.2) is 17.6 Å². The Balaban J connectivity index is 2.37. The Hall–Kier alpha value is -1.83. The summed E-state index contributed by atoms with van der Waals surface area (Å²) < 4.78 is 3.61. The second-order valence-corrected chi connectivity index (χ2v) is 5.30. The third-order valence-corrected chi connectivity index (χ3v) is 3.40. The number of rotatable bonds is 5. The molecule has 0 aromatic carbocycles. The van der Waals surface area contributed by atoms with Crippen LogP contribution in [-0.2, 0) is 11.8 Å². The van der Waals surface area contributed by atoms with Crippen molar-refractivity contribution >= 4 is 17.7 Å². The molecule has 0 unspecified atom stereocenters. The third kappa shape index (κ3) is 2.95. The molecule has 0 saturated carbocycles. The van der Waals surface area contributed by atoms with E-state index in [1.165, 1.54) is 11.8 Å². The number of aryl methyl sites for hydroxylation is 1. The van der Waals surface area contributed by atoms with Gasteiger partial charge in [-0.25, -0.2) is 0 Å². The minimum atomic E-state index is -0.869. The predicted octanol–water partition coefficient (Wildman–Crippen LogP) is 1.44. The van der Waals surface area contributed by atoms with Crippen LogP contribution < -0.4 is 0 Å². The number of thioether (sulfide) groups is 1. The molecule has 0 atom stereocenters. The van der Waals surface area contributed by atoms with Crippen LogP contribution >= 0.6 is 11.8 Å². The largest absolute Gasteiger partial charge is 0.481 e. The van der Waals surface area contributed by atoms with Gasteiger partial charge in [-0.2, -0.15) is 5.10 Å². The van der Waals surface area contributed by atoms with Crippen molar-refractivity contribution in [1.82, 2.24) is 24.5 Å². The van der Waals surface area contributed by atoms with Crippen molar-refractivity contribution in [2.24, 2.45) is 7.05 Å². The van der Waals surface area contributed by atoms with Gasteiger partial charge in [0.05, 0.1) is 17.5 Å². The van der Waals surface area contributed by atoms with Gasteiger partial charge >= 0.3 is 5.97 Å². The number of hydrogen-bond donors (Lipinski definition) is 1. The minimum Gasteiger partial charge on any atom is -0.481 e. The average molecular weight is 281 g/mol. The first-order chi connectivity index (χ1) is 8.99. The maximum Gasteiger partial charge on any atom is 0.313 e. The van der Waals surface area contributed by atoms with Gasteiger partial charge < -0.3 is 5.11 Å². The summed E-state index contributed by atoms with van der Waals surface area (Å²) in [5.41, 5.74) is 0.867. The number of nitrogens with zero attached hydrogens (tertiary/aromatic N) is 5. The van der Waals surface area contributed by atoms with E-state index < -0.39 is 5.97 Å². The van der Waals surface area contributed by atoms with E-state index >= 15 is 0 Å². The van der Waals surface area contributed by atoms with Gasteiger partial charge in [-0.1, -0.05) is 11.8 Å². The lowest BCUT2D eigenvalue weighted by molar-refractivity contribution is -0.133. The lowest BCUT2D eigenvalue weighted by Gasteiger charge is -2.12. The van der Waals surface area contributed by atoms with Crippen LogP contribution in [0.25, 0.3) is 11.4 Å². The summed E-state index contributed by atoms with van der Waals surface area (Å²) in [7, 11) is 1.83. The standard InChI is InChI=1S/C11H15N5O2S/c1-7(2)16-10(8-4-12-15(3)5-8)13-14-11(16)19-6-9(17)18/h4-5,7H,6H2,1-3H3,(H,17,18). The van der Waals surface area contributed by atoms with E-state index in [9.17, 15) is 4.79 Å². The monoisotopic (exact) mass is 281 g/mol. The maximum absolute atomic E-state index is 10.6. The van der Waals surface area contributed by atoms with E-state index in [4.69, 9.17) is 5.11 Å². The molecule has 7 nitrogen and oxygen atoms in total. The molecule has 19 heavy (non-hydrogen) atoms. The van der Waals surface area contributed by atoms with Crippen LogP contribution in [0.5, 0.6) is 0 Å². The van der Waals surface area contributed by atoms with E-state index in [-0.39, 0.29) is 11.8 Å². The van der Waals surface area contributed by atoms with Crippen LogP contribution in [-0.4, -0.2) is 41.4 Å². The van der Waals surface area contributed by atoms with Crippen LogP contribution in [0.4, 0.5) is 0 Å². The number of carbonyl (C=O) groups is 1. The first-order valence-electron chi connectivity index (χ1n) is 5.77. The summed E-state index contributed by atoms with van der Waals surface area (Å²) in [6.07, 6.45) is 3.57. The van der Waals surface area contributed by atoms with E-state index in [1.807, 2.05) is 31.7 Å². The molecule has 2 aromatic heterocycles. The smallest absolute Gasteiger partial charge is 0.313 e. The Morgan fingerprint density at radius 1 is 1.47 bits per heavy atom. The highest BCUT2D eigenvalue weighted by Gasteiger charge is 2.18. The fraction of sp³-hybridized carbons (Fsp3) is 0.455. The van der Waals surface area contributed by atoms with Crippen molar-refractivity contribution in [3.8, 4) is 11.4 Å². The minimum absolute atomic E-state index is 0.0299. The first-order valence-corrected chi connectivity index (χ1v) is 6.76. The maximum atomic E-state index is 10.6. The van der Waals surface area contributed by atoms with Crippen LogP contribution in [0.1, 0.15) is 19.9 Å². The number of hydrogen-bond acceptors (Lipinski definition) is 5. The quantitative estimate of drug-likeness (QED) is 0.834. The Morgan fingerprint density at radius 2 is 2.21 bits per heavy atom. The Bertz CT molecular complexity index is 590. The SMILES string of the molecule is CC(C)n1c(SCC(=O)O)nnc1-c1cnn(C)c1. The second-order valence-electron chi connectivity index (χ2n) is 4.36. The van der Waals surface area contributed by atoms with E-state index in [2.05, 4.69) is 15.3 Å². The van der Waals surface area contributed by atoms with E-state index in [0.29, 0.717) is 11.0 Å². The molecule has 0 saturated heterocycles. The molecule has 0 aliphatic rings. The molecule has 8 heteroatoms. The molecule has 0 aliphatic carbocycles. The summed E-state index contributed by atoms with van der Waals surface area (Å²) in [5, 5.41) is 21.7. The number of carboxylic acid groups (broad SMARTS) is 1. The number of aromatic nitrogens is 5. The van der Waals surface area contributed by atoms with Gasteiger partial charge in [0, 0.05) is 19.3 Å². The molecule has 0 spiro atoms. The van der Waals surface area contributed by atoms with Crippen LogP contribution in [0, 0.1) is 0 Å². The number of carboxylic acids is 1. The molecule has 1 N–H and O–H groups in total. The van der Waals surface area contributed by atoms with Gasteiger partial charge in [0.25, 0.3) is 0 Å². The molecule has 0 bridgehead atoms. The lowest BCUT2D eigenvalue weighted by atomic mass is 10.3. The summed E-state index contributed by atoms with van der Waals surface area (Å²) in [4.78, 5) is 10.6. The summed E-state index contributed by atoms with van der Waals surface area (Å²) >= 11 is 1.17. The summed E-state index contributed by atoms with van der Waals surface area (Å²) in [6.45, 7) is 4.02. The highest BCUT2D eigenvalue weighted by molar-refractivity contribution is 7.99. The fourth-order valence-electron chi connectivity index (χ4n) is 1.70. The molecule has 0 radical (unpaired) electrons. The van der Waals surface area contributed by atoms with Crippen molar-refractivity contribution < 1.29 is 9.90 Å². The molecule has 2 heterocycles. The Labute approximate surface area is 114 Å². The molecule has 0 fully saturated rings. The molecule has 102 valence electrons. The van der Waals surface area contributed by atoms with Gasteiger partial charge in [-0.05, 0) is 13.8 Å². The molecule has 2 aromatic rings. The lowest BCUT2D eigenvalue weighted by Crippen LogP contribution is -2.06. The first kappa shape index (κ1) is 13.6. The summed E-state index contributed by atoms with van der Waals surface area (Å²) in [5.74, 6) is -0.194. The van der Waals surface area contributed by atoms with E-state index in [0.717, 1.165) is 5.56 Å². The van der Waals surface area contributed by atoms with Crippen LogP contribution in [0.2, 0.25) is 0 Å². The van der Waals surface area contributed by atoms with Gasteiger partial charge in [-0.3, -0.25) is 14.0 Å². The Kier molecular flexibility index (Phi) is 3.89.